The minimum atomic E-state index is 0.631. The Bertz CT molecular complexity index is 311. The number of aromatic nitrogens is 1. The topological polar surface area (TPSA) is 41.3 Å². The maximum atomic E-state index is 5.21. The van der Waals surface area contributed by atoms with Gasteiger partial charge >= 0.3 is 0 Å². The minimum Gasteiger partial charge on any atom is -0.448 e. The summed E-state index contributed by atoms with van der Waals surface area (Å²) in [5.41, 5.74) is 1.08. The van der Waals surface area contributed by atoms with Gasteiger partial charge in [0.15, 0.2) is 6.39 Å². The Morgan fingerprint density at radius 3 is 3.20 bits per heavy atom. The first kappa shape index (κ1) is 10.6. The van der Waals surface area contributed by atoms with Crippen molar-refractivity contribution >= 4 is 0 Å². The van der Waals surface area contributed by atoms with Gasteiger partial charge in [0.2, 0.25) is 0 Å². The van der Waals surface area contributed by atoms with E-state index in [1.807, 2.05) is 14.0 Å². The molecule has 84 valence electrons. The lowest BCUT2D eigenvalue weighted by Gasteiger charge is -2.31. The molecule has 1 aliphatic rings. The molecule has 15 heavy (non-hydrogen) atoms. The first-order chi connectivity index (χ1) is 7.29. The maximum Gasteiger partial charge on any atom is 0.181 e. The number of nitrogens with one attached hydrogen (secondary N) is 1. The second-order valence-electron chi connectivity index (χ2n) is 4.22. The van der Waals surface area contributed by atoms with Gasteiger partial charge in [-0.3, -0.25) is 4.90 Å². The average Bonchev–Trinajstić information content (AvgIpc) is 2.65. The fourth-order valence-corrected chi connectivity index (χ4v) is 2.13. The Kier molecular flexibility index (Phi) is 3.38. The van der Waals surface area contributed by atoms with Crippen LogP contribution in [0, 0.1) is 6.92 Å². The van der Waals surface area contributed by atoms with Crippen molar-refractivity contribution < 1.29 is 4.42 Å². The molecule has 1 atom stereocenters. The summed E-state index contributed by atoms with van der Waals surface area (Å²) in [6, 6.07) is 0.631. The molecule has 1 unspecified atom stereocenters. The lowest BCUT2D eigenvalue weighted by molar-refractivity contribution is 0.185. The van der Waals surface area contributed by atoms with Crippen molar-refractivity contribution in [1.82, 2.24) is 15.2 Å². The third-order valence-electron chi connectivity index (χ3n) is 3.13. The number of aryl methyl sites for hydroxylation is 1. The summed E-state index contributed by atoms with van der Waals surface area (Å²) in [5.74, 6) is 0.946. The molecule has 1 fully saturated rings. The van der Waals surface area contributed by atoms with E-state index in [2.05, 4.69) is 15.2 Å². The Balaban J connectivity index is 1.92. The molecule has 0 amide bonds. The largest absolute Gasteiger partial charge is 0.448 e. The van der Waals surface area contributed by atoms with Crippen LogP contribution < -0.4 is 5.32 Å². The van der Waals surface area contributed by atoms with Crippen molar-refractivity contribution in [2.75, 3.05) is 20.1 Å². The van der Waals surface area contributed by atoms with Crippen molar-refractivity contribution in [2.45, 2.75) is 32.4 Å². The molecule has 4 heteroatoms. The molecule has 0 saturated carbocycles. The molecule has 1 N–H and O–H groups in total. The van der Waals surface area contributed by atoms with Gasteiger partial charge in [-0.15, -0.1) is 0 Å². The molecule has 1 aromatic heterocycles. The van der Waals surface area contributed by atoms with Crippen LogP contribution in [0.2, 0.25) is 0 Å². The summed E-state index contributed by atoms with van der Waals surface area (Å²) in [7, 11) is 2.04. The Morgan fingerprint density at radius 1 is 1.67 bits per heavy atom. The quantitative estimate of drug-likeness (QED) is 0.811. The molecule has 1 aromatic rings. The number of nitrogens with zero attached hydrogens (tertiary/aromatic N) is 2. The van der Waals surface area contributed by atoms with E-state index in [0.717, 1.165) is 24.5 Å². The molecule has 1 saturated heterocycles. The summed E-state index contributed by atoms with van der Waals surface area (Å²) in [5, 5.41) is 3.34. The van der Waals surface area contributed by atoms with Gasteiger partial charge < -0.3 is 9.73 Å². The fourth-order valence-electron chi connectivity index (χ4n) is 2.13. The number of hydrogen-bond acceptors (Lipinski definition) is 4. The van der Waals surface area contributed by atoms with Gasteiger partial charge in [-0.2, -0.15) is 0 Å². The van der Waals surface area contributed by atoms with Gasteiger partial charge in [0.1, 0.15) is 5.76 Å². The van der Waals surface area contributed by atoms with Gasteiger partial charge in [0, 0.05) is 19.1 Å². The molecule has 2 heterocycles. The Hall–Kier alpha value is -0.870. The molecule has 0 radical (unpaired) electrons. The molecule has 0 spiro atoms. The smallest absolute Gasteiger partial charge is 0.181 e. The molecule has 0 bridgehead atoms. The summed E-state index contributed by atoms with van der Waals surface area (Å²) < 4.78 is 5.21. The standard InChI is InChI=1S/C11H19N3O/c1-9-11(13-8-15-9)7-14-5-3-4-10(6-14)12-2/h8,10,12H,3-7H2,1-2H3. The van der Waals surface area contributed by atoms with E-state index in [9.17, 15) is 0 Å². The Labute approximate surface area is 90.7 Å². The van der Waals surface area contributed by atoms with Gasteiger partial charge in [-0.25, -0.2) is 4.98 Å². The number of hydrogen-bond donors (Lipinski definition) is 1. The lowest BCUT2D eigenvalue weighted by Crippen LogP contribution is -2.44. The molecule has 1 aliphatic heterocycles. The third-order valence-corrected chi connectivity index (χ3v) is 3.13. The van der Waals surface area contributed by atoms with Crippen LogP contribution in [0.15, 0.2) is 10.8 Å². The van der Waals surface area contributed by atoms with Gasteiger partial charge in [0.05, 0.1) is 5.69 Å². The highest BCUT2D eigenvalue weighted by atomic mass is 16.3. The molecule has 4 nitrogen and oxygen atoms in total. The first-order valence-electron chi connectivity index (χ1n) is 5.58. The number of oxazole rings is 1. The van der Waals surface area contributed by atoms with E-state index >= 15 is 0 Å². The van der Waals surface area contributed by atoms with E-state index in [1.165, 1.54) is 25.8 Å². The van der Waals surface area contributed by atoms with Crippen LogP contribution in [0.4, 0.5) is 0 Å². The SMILES string of the molecule is CNC1CCCN(Cc2ncoc2C)C1. The van der Waals surface area contributed by atoms with E-state index in [1.54, 1.807) is 0 Å². The summed E-state index contributed by atoms with van der Waals surface area (Å²) in [6.45, 7) is 5.18. The minimum absolute atomic E-state index is 0.631. The summed E-state index contributed by atoms with van der Waals surface area (Å²) >= 11 is 0. The number of piperidine rings is 1. The predicted octanol–water partition coefficient (Wildman–Crippen LogP) is 1.17. The average molecular weight is 209 g/mol. The van der Waals surface area contributed by atoms with E-state index in [-0.39, 0.29) is 0 Å². The zero-order valence-electron chi connectivity index (χ0n) is 9.49. The van der Waals surface area contributed by atoms with Crippen LogP contribution in [0.1, 0.15) is 24.3 Å². The van der Waals surface area contributed by atoms with Crippen LogP contribution >= 0.6 is 0 Å². The van der Waals surface area contributed by atoms with Crippen molar-refractivity contribution in [2.24, 2.45) is 0 Å². The second kappa shape index (κ2) is 4.77. The number of likely N-dealkylation sites (tertiary alicyclic amines) is 1. The van der Waals surface area contributed by atoms with Gasteiger partial charge in [-0.1, -0.05) is 0 Å². The van der Waals surface area contributed by atoms with Crippen LogP contribution in [-0.2, 0) is 6.54 Å². The molecular formula is C11H19N3O. The maximum absolute atomic E-state index is 5.21. The van der Waals surface area contributed by atoms with E-state index in [0.29, 0.717) is 6.04 Å². The van der Waals surface area contributed by atoms with E-state index < -0.39 is 0 Å². The molecule has 0 aliphatic carbocycles. The highest BCUT2D eigenvalue weighted by Crippen LogP contribution is 2.14. The van der Waals surface area contributed by atoms with Gasteiger partial charge in [0.25, 0.3) is 0 Å². The highest BCUT2D eigenvalue weighted by molar-refractivity contribution is 5.04. The number of rotatable bonds is 3. The van der Waals surface area contributed by atoms with Crippen LogP contribution in [-0.4, -0.2) is 36.1 Å². The van der Waals surface area contributed by atoms with Crippen molar-refractivity contribution in [3.8, 4) is 0 Å². The van der Waals surface area contributed by atoms with Crippen LogP contribution in [0.5, 0.6) is 0 Å². The van der Waals surface area contributed by atoms with Crippen molar-refractivity contribution in [3.63, 3.8) is 0 Å². The van der Waals surface area contributed by atoms with Gasteiger partial charge in [-0.05, 0) is 33.4 Å². The number of likely N-dealkylation sites (N-methyl/N-ethyl adjacent to an activating group) is 1. The Morgan fingerprint density at radius 2 is 2.53 bits per heavy atom. The molecular weight excluding hydrogens is 190 g/mol. The zero-order valence-corrected chi connectivity index (χ0v) is 9.49. The van der Waals surface area contributed by atoms with Crippen molar-refractivity contribution in [3.05, 3.63) is 17.8 Å². The summed E-state index contributed by atoms with van der Waals surface area (Å²) in [6.07, 6.45) is 4.08. The van der Waals surface area contributed by atoms with Crippen LogP contribution in [0.3, 0.4) is 0 Å². The summed E-state index contributed by atoms with van der Waals surface area (Å²) in [4.78, 5) is 6.67. The predicted molar refractivity (Wildman–Crippen MR) is 58.6 cm³/mol. The zero-order chi connectivity index (χ0) is 10.7. The monoisotopic (exact) mass is 209 g/mol. The van der Waals surface area contributed by atoms with Crippen molar-refractivity contribution in [1.29, 1.82) is 0 Å². The molecule has 2 rings (SSSR count). The highest BCUT2D eigenvalue weighted by Gasteiger charge is 2.19. The molecule has 0 aromatic carbocycles. The normalized spacial score (nSPS) is 23.2. The van der Waals surface area contributed by atoms with Crippen LogP contribution in [0.25, 0.3) is 0 Å². The second-order valence-corrected chi connectivity index (χ2v) is 4.22. The third kappa shape index (κ3) is 2.58. The lowest BCUT2D eigenvalue weighted by atomic mass is 10.1. The fraction of sp³-hybridized carbons (Fsp3) is 0.727. The first-order valence-corrected chi connectivity index (χ1v) is 5.58. The van der Waals surface area contributed by atoms with E-state index in [4.69, 9.17) is 4.42 Å².